The van der Waals surface area contributed by atoms with Crippen molar-refractivity contribution in [3.63, 3.8) is 0 Å². The fraction of sp³-hybridized carbons (Fsp3) is 0.667. The molecule has 17 heavy (non-hydrogen) atoms. The quantitative estimate of drug-likeness (QED) is 0.576. The van der Waals surface area contributed by atoms with E-state index in [1.807, 2.05) is 0 Å². The van der Waals surface area contributed by atoms with Gasteiger partial charge in [-0.05, 0) is 19.5 Å². The second-order valence-corrected chi connectivity index (χ2v) is 5.01. The summed E-state index contributed by atoms with van der Waals surface area (Å²) in [5, 5.41) is 8.62. The summed E-state index contributed by atoms with van der Waals surface area (Å²) in [5.41, 5.74) is 6.52. The van der Waals surface area contributed by atoms with Gasteiger partial charge in [-0.2, -0.15) is 0 Å². The fourth-order valence-corrected chi connectivity index (χ4v) is 2.75. The molecule has 1 aromatic heterocycles. The van der Waals surface area contributed by atoms with E-state index in [0.29, 0.717) is 0 Å². The van der Waals surface area contributed by atoms with E-state index in [9.17, 15) is 0 Å². The third kappa shape index (κ3) is 3.78. The Labute approximate surface area is 107 Å². The van der Waals surface area contributed by atoms with Gasteiger partial charge in [-0.3, -0.25) is 5.41 Å². The molecule has 0 aliphatic rings. The average molecular weight is 254 g/mol. The minimum absolute atomic E-state index is 0.147. The van der Waals surface area contributed by atoms with Gasteiger partial charge in [-0.15, -0.1) is 11.3 Å². The molecule has 0 atom stereocenters. The first-order valence-corrected chi connectivity index (χ1v) is 6.99. The Morgan fingerprint density at radius 2 is 2.00 bits per heavy atom. The maximum atomic E-state index is 7.52. The highest BCUT2D eigenvalue weighted by Gasteiger charge is 2.12. The highest BCUT2D eigenvalue weighted by atomic mass is 32.1. The highest BCUT2D eigenvalue weighted by Crippen LogP contribution is 2.19. The molecular weight excluding hydrogens is 232 g/mol. The molecule has 0 saturated carbocycles. The van der Waals surface area contributed by atoms with Crippen LogP contribution in [0, 0.1) is 5.41 Å². The van der Waals surface area contributed by atoms with E-state index in [-0.39, 0.29) is 5.84 Å². The number of nitrogens with one attached hydrogen (secondary N) is 1. The predicted octanol–water partition coefficient (Wildman–Crippen LogP) is 1.87. The molecule has 0 spiro atoms. The van der Waals surface area contributed by atoms with E-state index in [1.165, 1.54) is 0 Å². The number of nitrogens with two attached hydrogens (primary N) is 1. The number of hydrogen-bond acceptors (Lipinski definition) is 4. The molecule has 1 heterocycles. The van der Waals surface area contributed by atoms with Crippen LogP contribution in [-0.2, 0) is 12.8 Å². The zero-order valence-corrected chi connectivity index (χ0v) is 11.7. The van der Waals surface area contributed by atoms with Gasteiger partial charge in [-0.25, -0.2) is 4.98 Å². The van der Waals surface area contributed by atoms with Crippen LogP contribution in [0.5, 0.6) is 0 Å². The number of aromatic nitrogens is 1. The van der Waals surface area contributed by atoms with E-state index in [4.69, 9.17) is 11.1 Å². The molecule has 0 radical (unpaired) electrons. The molecule has 0 aliphatic carbocycles. The molecule has 0 amide bonds. The Kier molecular flexibility index (Phi) is 5.58. The second-order valence-electron chi connectivity index (χ2n) is 3.93. The number of rotatable bonds is 7. The van der Waals surface area contributed by atoms with Gasteiger partial charge in [0.2, 0.25) is 0 Å². The normalized spacial score (nSPS) is 11.1. The summed E-state index contributed by atoms with van der Waals surface area (Å²) < 4.78 is 0. The third-order valence-electron chi connectivity index (χ3n) is 2.86. The van der Waals surface area contributed by atoms with Crippen LogP contribution in [0.2, 0.25) is 0 Å². The summed E-state index contributed by atoms with van der Waals surface area (Å²) in [6, 6.07) is 0. The molecule has 0 bridgehead atoms. The van der Waals surface area contributed by atoms with Gasteiger partial charge < -0.3 is 10.6 Å². The van der Waals surface area contributed by atoms with Crippen molar-refractivity contribution in [3.05, 3.63) is 15.6 Å². The van der Waals surface area contributed by atoms with Crippen LogP contribution in [-0.4, -0.2) is 35.4 Å². The Hall–Kier alpha value is -0.940. The lowest BCUT2D eigenvalue weighted by Gasteiger charge is -2.16. The summed E-state index contributed by atoms with van der Waals surface area (Å²) in [6.45, 7) is 9.56. The standard InChI is InChI=1S/C12H22N4S/c1-4-9-11(12(13)14)17-10(15-9)7-8-16(5-2)6-3/h4-8H2,1-3H3,(H3,13,14). The van der Waals surface area contributed by atoms with E-state index in [1.54, 1.807) is 11.3 Å². The van der Waals surface area contributed by atoms with Crippen LogP contribution >= 0.6 is 11.3 Å². The summed E-state index contributed by atoms with van der Waals surface area (Å²) in [6.07, 6.45) is 1.79. The van der Waals surface area contributed by atoms with Crippen LogP contribution in [0.1, 0.15) is 36.3 Å². The molecule has 0 unspecified atom stereocenters. The van der Waals surface area contributed by atoms with Crippen LogP contribution in [0.15, 0.2) is 0 Å². The number of amidine groups is 1. The number of likely N-dealkylation sites (N-methyl/N-ethyl adjacent to an activating group) is 1. The van der Waals surface area contributed by atoms with E-state index in [2.05, 4.69) is 30.7 Å². The molecule has 4 nitrogen and oxygen atoms in total. The van der Waals surface area contributed by atoms with Gasteiger partial charge in [0.1, 0.15) is 5.84 Å². The molecule has 1 rings (SSSR count). The molecule has 1 aromatic rings. The second kappa shape index (κ2) is 6.71. The molecule has 0 aromatic carbocycles. The maximum absolute atomic E-state index is 7.52. The topological polar surface area (TPSA) is 66.0 Å². The predicted molar refractivity (Wildman–Crippen MR) is 74.0 cm³/mol. The first-order chi connectivity index (χ1) is 8.12. The molecule has 96 valence electrons. The van der Waals surface area contributed by atoms with Crippen molar-refractivity contribution in [2.24, 2.45) is 5.73 Å². The van der Waals surface area contributed by atoms with Crippen molar-refractivity contribution in [3.8, 4) is 0 Å². The number of nitrogen functional groups attached to an aromatic ring is 1. The monoisotopic (exact) mass is 254 g/mol. The van der Waals surface area contributed by atoms with Gasteiger partial charge >= 0.3 is 0 Å². The lowest BCUT2D eigenvalue weighted by molar-refractivity contribution is 0.308. The zero-order valence-electron chi connectivity index (χ0n) is 10.9. The number of thiazole rings is 1. The van der Waals surface area contributed by atoms with Gasteiger partial charge in [0.05, 0.1) is 15.6 Å². The number of aryl methyl sites for hydroxylation is 1. The van der Waals surface area contributed by atoms with Crippen molar-refractivity contribution in [1.29, 1.82) is 5.41 Å². The van der Waals surface area contributed by atoms with Crippen molar-refractivity contribution in [2.75, 3.05) is 19.6 Å². The summed E-state index contributed by atoms with van der Waals surface area (Å²) >= 11 is 1.57. The third-order valence-corrected chi connectivity index (χ3v) is 4.05. The minimum atomic E-state index is 0.147. The van der Waals surface area contributed by atoms with E-state index >= 15 is 0 Å². The first-order valence-electron chi connectivity index (χ1n) is 6.17. The molecule has 0 saturated heterocycles. The van der Waals surface area contributed by atoms with Crippen LogP contribution in [0.4, 0.5) is 0 Å². The Bertz CT molecular complexity index is 369. The Morgan fingerprint density at radius 1 is 1.35 bits per heavy atom. The van der Waals surface area contributed by atoms with E-state index < -0.39 is 0 Å². The summed E-state index contributed by atoms with van der Waals surface area (Å²) in [7, 11) is 0. The van der Waals surface area contributed by atoms with Gasteiger partial charge in [-0.1, -0.05) is 20.8 Å². The van der Waals surface area contributed by atoms with Gasteiger partial charge in [0.15, 0.2) is 0 Å². The molecular formula is C12H22N4S. The largest absolute Gasteiger partial charge is 0.383 e. The average Bonchev–Trinajstić information content (AvgIpc) is 2.74. The highest BCUT2D eigenvalue weighted by molar-refractivity contribution is 7.13. The minimum Gasteiger partial charge on any atom is -0.383 e. The van der Waals surface area contributed by atoms with Gasteiger partial charge in [0, 0.05) is 13.0 Å². The van der Waals surface area contributed by atoms with E-state index in [0.717, 1.165) is 48.1 Å². The summed E-state index contributed by atoms with van der Waals surface area (Å²) in [5.74, 6) is 0.147. The fourth-order valence-electron chi connectivity index (χ4n) is 1.75. The van der Waals surface area contributed by atoms with Crippen LogP contribution in [0.3, 0.4) is 0 Å². The lowest BCUT2D eigenvalue weighted by Crippen LogP contribution is -2.25. The molecule has 3 N–H and O–H groups in total. The van der Waals surface area contributed by atoms with Crippen LogP contribution in [0.25, 0.3) is 0 Å². The SMILES string of the molecule is CCc1nc(CCN(CC)CC)sc1C(=N)N. The Balaban J connectivity index is 2.69. The summed E-state index contributed by atoms with van der Waals surface area (Å²) in [4.78, 5) is 7.79. The molecule has 5 heteroatoms. The molecule has 0 fully saturated rings. The zero-order chi connectivity index (χ0) is 12.8. The van der Waals surface area contributed by atoms with Crippen molar-refractivity contribution >= 4 is 17.2 Å². The van der Waals surface area contributed by atoms with Crippen LogP contribution < -0.4 is 5.73 Å². The van der Waals surface area contributed by atoms with Crippen molar-refractivity contribution in [1.82, 2.24) is 9.88 Å². The maximum Gasteiger partial charge on any atom is 0.135 e. The number of hydrogen-bond donors (Lipinski definition) is 2. The lowest BCUT2D eigenvalue weighted by atomic mass is 10.3. The van der Waals surface area contributed by atoms with Gasteiger partial charge in [0.25, 0.3) is 0 Å². The molecule has 0 aliphatic heterocycles. The first kappa shape index (κ1) is 14.1. The number of nitrogens with zero attached hydrogens (tertiary/aromatic N) is 2. The van der Waals surface area contributed by atoms with Crippen molar-refractivity contribution in [2.45, 2.75) is 33.6 Å². The Morgan fingerprint density at radius 3 is 2.41 bits per heavy atom. The van der Waals surface area contributed by atoms with Crippen molar-refractivity contribution < 1.29 is 0 Å². The smallest absolute Gasteiger partial charge is 0.135 e.